The molecule has 12 nitrogen and oxygen atoms in total. The maximum Gasteiger partial charge on any atom is 0.405 e. The van der Waals surface area contributed by atoms with Crippen LogP contribution in [-0.2, 0) is 9.59 Å². The third kappa shape index (κ3) is 4.41. The Bertz CT molecular complexity index is 1160. The average molecular weight is 453 g/mol. The van der Waals surface area contributed by atoms with Crippen LogP contribution in [0.5, 0.6) is 0 Å². The third-order valence-electron chi connectivity index (χ3n) is 5.81. The second-order valence-corrected chi connectivity index (χ2v) is 7.73. The van der Waals surface area contributed by atoms with Gasteiger partial charge >= 0.3 is 6.09 Å². The summed E-state index contributed by atoms with van der Waals surface area (Å²) >= 11 is 0. The number of hydrogen-bond donors (Lipinski definition) is 6. The molecule has 2 aromatic heterocycles. The number of fused-ring (bicyclic) bond motifs is 1. The number of nitrogens with one attached hydrogen (secondary N) is 4. The molecule has 1 aromatic carbocycles. The van der Waals surface area contributed by atoms with Gasteiger partial charge < -0.3 is 25.6 Å². The van der Waals surface area contributed by atoms with Gasteiger partial charge in [-0.15, -0.1) is 0 Å². The van der Waals surface area contributed by atoms with Gasteiger partial charge in [0.05, 0.1) is 5.39 Å². The number of hydrogen-bond acceptors (Lipinski definition) is 7. The lowest BCUT2D eigenvalue weighted by atomic mass is 9.85. The van der Waals surface area contributed by atoms with Crippen molar-refractivity contribution in [2.75, 3.05) is 18.0 Å². The lowest BCUT2D eigenvalue weighted by Crippen LogP contribution is -2.64. The zero-order chi connectivity index (χ0) is 23.4. The van der Waals surface area contributed by atoms with E-state index < -0.39 is 29.5 Å². The highest BCUT2D eigenvalue weighted by molar-refractivity contribution is 5.94. The van der Waals surface area contributed by atoms with Crippen molar-refractivity contribution in [2.45, 2.75) is 24.4 Å². The van der Waals surface area contributed by atoms with E-state index in [4.69, 9.17) is 5.21 Å². The van der Waals surface area contributed by atoms with Crippen LogP contribution in [0.15, 0.2) is 48.9 Å². The number of nitrogens with zero attached hydrogens (tertiary/aromatic N) is 3. The van der Waals surface area contributed by atoms with Crippen molar-refractivity contribution in [3.63, 3.8) is 0 Å². The Kier molecular flexibility index (Phi) is 6.09. The molecule has 1 aliphatic rings. The summed E-state index contributed by atoms with van der Waals surface area (Å²) < 4.78 is 0. The summed E-state index contributed by atoms with van der Waals surface area (Å²) in [4.78, 5) is 50.7. The van der Waals surface area contributed by atoms with Gasteiger partial charge in [0.2, 0.25) is 5.91 Å². The SMILES string of the molecule is O=C(O)NC1(C(=O)N[C@H](C(=O)NO)c2ccccc2)CCN(c2ncnc3[nH]ccc23)CC1. The fourth-order valence-corrected chi connectivity index (χ4v) is 4.10. The van der Waals surface area contributed by atoms with Crippen LogP contribution < -0.4 is 21.0 Å². The topological polar surface area (TPSA) is 173 Å². The first-order valence-electron chi connectivity index (χ1n) is 10.3. The molecule has 1 fully saturated rings. The molecule has 0 unspecified atom stereocenters. The van der Waals surface area contributed by atoms with E-state index in [0.29, 0.717) is 30.1 Å². The van der Waals surface area contributed by atoms with Crippen LogP contribution in [0.1, 0.15) is 24.4 Å². The monoisotopic (exact) mass is 453 g/mol. The molecule has 1 aliphatic heterocycles. The molecule has 0 spiro atoms. The molecule has 4 rings (SSSR count). The van der Waals surface area contributed by atoms with Gasteiger partial charge in [0, 0.05) is 19.3 Å². The molecule has 0 saturated carbocycles. The normalized spacial score (nSPS) is 16.1. The number of benzene rings is 1. The summed E-state index contributed by atoms with van der Waals surface area (Å²) in [7, 11) is 0. The van der Waals surface area contributed by atoms with Gasteiger partial charge in [0.25, 0.3) is 5.91 Å². The van der Waals surface area contributed by atoms with Gasteiger partial charge in [0.15, 0.2) is 0 Å². The number of amides is 3. The molecule has 3 amide bonds. The second-order valence-electron chi connectivity index (χ2n) is 7.73. The summed E-state index contributed by atoms with van der Waals surface area (Å²) in [6.45, 7) is 0.681. The van der Waals surface area contributed by atoms with Crippen molar-refractivity contribution in [2.24, 2.45) is 0 Å². The molecular weight excluding hydrogens is 430 g/mol. The Morgan fingerprint density at radius 2 is 1.82 bits per heavy atom. The number of hydroxylamine groups is 1. The molecule has 33 heavy (non-hydrogen) atoms. The van der Waals surface area contributed by atoms with Gasteiger partial charge in [-0.1, -0.05) is 30.3 Å². The van der Waals surface area contributed by atoms with Gasteiger partial charge in [0.1, 0.15) is 29.4 Å². The fourth-order valence-electron chi connectivity index (χ4n) is 4.10. The standard InChI is InChI=1S/C21H23N7O5/c29-18(27-33)15(13-4-2-1-3-5-13)25-19(30)21(26-20(31)32)7-10-28(11-8-21)17-14-6-9-22-16(14)23-12-24-17/h1-6,9,12,15,26,33H,7-8,10-11H2,(H,25,30)(H,27,29)(H,31,32)(H,22,23,24)/t15-/m0/s1. The average Bonchev–Trinajstić information content (AvgIpc) is 3.32. The highest BCUT2D eigenvalue weighted by Gasteiger charge is 2.44. The van der Waals surface area contributed by atoms with Crippen LogP contribution in [0.4, 0.5) is 10.6 Å². The van der Waals surface area contributed by atoms with E-state index in [1.54, 1.807) is 42.0 Å². The highest BCUT2D eigenvalue weighted by Crippen LogP contribution is 2.30. The van der Waals surface area contributed by atoms with Gasteiger partial charge in [-0.3, -0.25) is 14.8 Å². The van der Waals surface area contributed by atoms with E-state index in [1.807, 2.05) is 11.0 Å². The molecule has 0 aliphatic carbocycles. The highest BCUT2D eigenvalue weighted by atomic mass is 16.5. The lowest BCUT2D eigenvalue weighted by molar-refractivity contribution is -0.137. The number of aromatic amines is 1. The zero-order valence-corrected chi connectivity index (χ0v) is 17.5. The minimum Gasteiger partial charge on any atom is -0.465 e. The molecule has 12 heteroatoms. The van der Waals surface area contributed by atoms with Gasteiger partial charge in [-0.25, -0.2) is 20.2 Å². The Morgan fingerprint density at radius 3 is 2.48 bits per heavy atom. The molecule has 172 valence electrons. The number of aromatic nitrogens is 3. The predicted molar refractivity (Wildman–Crippen MR) is 116 cm³/mol. The third-order valence-corrected chi connectivity index (χ3v) is 5.81. The van der Waals surface area contributed by atoms with Crippen LogP contribution >= 0.6 is 0 Å². The van der Waals surface area contributed by atoms with Crippen LogP contribution in [0.25, 0.3) is 11.0 Å². The van der Waals surface area contributed by atoms with E-state index in [0.717, 1.165) is 5.39 Å². The minimum absolute atomic E-state index is 0.142. The van der Waals surface area contributed by atoms with Crippen molar-refractivity contribution >= 4 is 34.8 Å². The first kappa shape index (κ1) is 22.0. The number of H-pyrrole nitrogens is 1. The van der Waals surface area contributed by atoms with Crippen molar-refractivity contribution in [1.29, 1.82) is 0 Å². The van der Waals surface area contributed by atoms with E-state index in [1.165, 1.54) is 6.33 Å². The molecule has 1 saturated heterocycles. The van der Waals surface area contributed by atoms with E-state index >= 15 is 0 Å². The summed E-state index contributed by atoms with van der Waals surface area (Å²) in [5, 5.41) is 24.4. The van der Waals surface area contributed by atoms with Crippen molar-refractivity contribution in [3.8, 4) is 0 Å². The number of carboxylic acid groups (broad SMARTS) is 1. The van der Waals surface area contributed by atoms with E-state index in [2.05, 4.69) is 25.6 Å². The zero-order valence-electron chi connectivity index (χ0n) is 17.5. The predicted octanol–water partition coefficient (Wildman–Crippen LogP) is 0.927. The smallest absolute Gasteiger partial charge is 0.405 e. The number of carbonyl (C=O) groups is 3. The van der Waals surface area contributed by atoms with Gasteiger partial charge in [-0.05, 0) is 24.5 Å². The number of carbonyl (C=O) groups excluding carboxylic acids is 2. The first-order chi connectivity index (χ1) is 15.9. The summed E-state index contributed by atoms with van der Waals surface area (Å²) in [5.41, 5.74) is 1.21. The van der Waals surface area contributed by atoms with Crippen molar-refractivity contribution < 1.29 is 24.7 Å². The molecule has 0 bridgehead atoms. The Labute approximate surface area is 188 Å². The molecule has 6 N–H and O–H groups in total. The van der Waals surface area contributed by atoms with Crippen LogP contribution in [-0.4, -0.2) is 61.8 Å². The number of anilines is 1. The summed E-state index contributed by atoms with van der Waals surface area (Å²) in [6, 6.07) is 9.02. The minimum atomic E-state index is -1.46. The van der Waals surface area contributed by atoms with Crippen LogP contribution in [0.2, 0.25) is 0 Å². The number of rotatable bonds is 6. The van der Waals surface area contributed by atoms with Gasteiger partial charge in [-0.2, -0.15) is 0 Å². The van der Waals surface area contributed by atoms with Crippen molar-refractivity contribution in [1.82, 2.24) is 31.1 Å². The Hall–Kier alpha value is -4.19. The van der Waals surface area contributed by atoms with Crippen LogP contribution in [0, 0.1) is 0 Å². The van der Waals surface area contributed by atoms with E-state index in [-0.39, 0.29) is 12.8 Å². The number of piperidine rings is 1. The molecule has 3 heterocycles. The molecule has 0 radical (unpaired) electrons. The first-order valence-corrected chi connectivity index (χ1v) is 10.3. The maximum absolute atomic E-state index is 13.3. The Balaban J connectivity index is 1.56. The second kappa shape index (κ2) is 9.12. The Morgan fingerprint density at radius 1 is 1.09 bits per heavy atom. The van der Waals surface area contributed by atoms with Crippen LogP contribution in [0.3, 0.4) is 0 Å². The molecule has 1 atom stereocenters. The summed E-state index contributed by atoms with van der Waals surface area (Å²) in [5.74, 6) is -0.808. The molecular formula is C21H23N7O5. The largest absolute Gasteiger partial charge is 0.465 e. The maximum atomic E-state index is 13.3. The summed E-state index contributed by atoms with van der Waals surface area (Å²) in [6.07, 6.45) is 2.13. The molecule has 3 aromatic rings. The van der Waals surface area contributed by atoms with Crippen molar-refractivity contribution in [3.05, 3.63) is 54.5 Å². The quantitative estimate of drug-likeness (QED) is 0.236. The fraction of sp³-hybridized carbons (Fsp3) is 0.286. The lowest BCUT2D eigenvalue weighted by Gasteiger charge is -2.41. The van der Waals surface area contributed by atoms with E-state index in [9.17, 15) is 19.5 Å².